The number of anilines is 1. The fourth-order valence-corrected chi connectivity index (χ4v) is 4.35. The Morgan fingerprint density at radius 1 is 1.00 bits per heavy atom. The predicted molar refractivity (Wildman–Crippen MR) is 125 cm³/mol. The smallest absolute Gasteiger partial charge is 0.234 e. The summed E-state index contributed by atoms with van der Waals surface area (Å²) >= 11 is 0. The van der Waals surface area contributed by atoms with Crippen molar-refractivity contribution in [2.75, 3.05) is 31.6 Å². The third-order valence-electron chi connectivity index (χ3n) is 5.94. The molecule has 0 aromatic heterocycles. The second-order valence-corrected chi connectivity index (χ2v) is 8.39. The minimum Gasteiger partial charge on any atom is -0.371 e. The summed E-state index contributed by atoms with van der Waals surface area (Å²) in [5, 5.41) is 5.58. The van der Waals surface area contributed by atoms with Crippen LogP contribution in [-0.4, -0.2) is 37.5 Å². The van der Waals surface area contributed by atoms with Crippen molar-refractivity contribution in [2.24, 2.45) is 0 Å². The molecule has 3 aromatic rings. The Bertz CT molecular complexity index is 1010. The lowest BCUT2D eigenvalue weighted by Gasteiger charge is -2.24. The maximum atomic E-state index is 12.7. The van der Waals surface area contributed by atoms with Crippen LogP contribution in [0, 0.1) is 0 Å². The Kier molecular flexibility index (Phi) is 6.34. The maximum absolute atomic E-state index is 12.7. The monoisotopic (exact) mass is 401 g/mol. The molecule has 4 heteroatoms. The first-order chi connectivity index (χ1) is 14.6. The van der Waals surface area contributed by atoms with Crippen LogP contribution in [0.5, 0.6) is 0 Å². The molecule has 1 aliphatic rings. The second kappa shape index (κ2) is 9.31. The molecule has 0 spiro atoms. The predicted octanol–water partition coefficient (Wildman–Crippen LogP) is 4.75. The highest BCUT2D eigenvalue weighted by atomic mass is 16.2. The highest BCUT2D eigenvalue weighted by Crippen LogP contribution is 2.25. The van der Waals surface area contributed by atoms with E-state index >= 15 is 0 Å². The van der Waals surface area contributed by atoms with Crippen LogP contribution < -0.4 is 10.2 Å². The van der Waals surface area contributed by atoms with E-state index in [1.807, 2.05) is 26.1 Å². The molecule has 1 fully saturated rings. The summed E-state index contributed by atoms with van der Waals surface area (Å²) in [5.41, 5.74) is 3.73. The van der Waals surface area contributed by atoms with Crippen molar-refractivity contribution in [1.82, 2.24) is 10.2 Å². The third kappa shape index (κ3) is 4.82. The van der Waals surface area contributed by atoms with Crippen molar-refractivity contribution < 1.29 is 4.79 Å². The van der Waals surface area contributed by atoms with Gasteiger partial charge in [-0.25, -0.2) is 0 Å². The van der Waals surface area contributed by atoms with Gasteiger partial charge in [0.25, 0.3) is 0 Å². The van der Waals surface area contributed by atoms with E-state index in [1.54, 1.807) is 0 Å². The molecule has 0 radical (unpaired) electrons. The SMILES string of the molecule is CC(NC(=O)CN(C)Cc1ccccc1N1CCCC1)c1ccc2ccccc2c1. The lowest BCUT2D eigenvalue weighted by Crippen LogP contribution is -2.36. The van der Waals surface area contributed by atoms with Gasteiger partial charge in [-0.2, -0.15) is 0 Å². The van der Waals surface area contributed by atoms with Gasteiger partial charge in [0.15, 0.2) is 0 Å². The number of para-hydroxylation sites is 1. The number of rotatable bonds is 7. The zero-order valence-electron chi connectivity index (χ0n) is 18.0. The summed E-state index contributed by atoms with van der Waals surface area (Å²) in [6.45, 7) is 5.45. The van der Waals surface area contributed by atoms with Crippen LogP contribution in [0.3, 0.4) is 0 Å². The van der Waals surface area contributed by atoms with E-state index in [1.165, 1.54) is 34.9 Å². The van der Waals surface area contributed by atoms with Crippen molar-refractivity contribution >= 4 is 22.4 Å². The molecule has 4 nitrogen and oxygen atoms in total. The van der Waals surface area contributed by atoms with Gasteiger partial charge in [0, 0.05) is 25.3 Å². The summed E-state index contributed by atoms with van der Waals surface area (Å²) in [6.07, 6.45) is 2.53. The molecule has 0 saturated carbocycles. The highest BCUT2D eigenvalue weighted by molar-refractivity contribution is 5.83. The summed E-state index contributed by atoms with van der Waals surface area (Å²) < 4.78 is 0. The standard InChI is InChI=1S/C26H31N3O/c1-20(22-14-13-21-9-3-4-10-23(21)17-22)27-26(30)19-28(2)18-24-11-5-6-12-25(24)29-15-7-8-16-29/h3-6,9-14,17,20H,7-8,15-16,18-19H2,1-2H3,(H,27,30). The second-order valence-electron chi connectivity index (χ2n) is 8.39. The molecule has 156 valence electrons. The Balaban J connectivity index is 1.35. The number of fused-ring (bicyclic) bond motifs is 1. The molecule has 0 aliphatic carbocycles. The van der Waals surface area contributed by atoms with Gasteiger partial charge < -0.3 is 10.2 Å². The van der Waals surface area contributed by atoms with E-state index in [0.717, 1.165) is 25.2 Å². The van der Waals surface area contributed by atoms with Crippen molar-refractivity contribution in [3.05, 3.63) is 77.9 Å². The van der Waals surface area contributed by atoms with Gasteiger partial charge in [-0.1, -0.05) is 54.6 Å². The molecule has 0 bridgehead atoms. The first-order valence-electron chi connectivity index (χ1n) is 10.9. The molecule has 30 heavy (non-hydrogen) atoms. The molecular weight excluding hydrogens is 370 g/mol. The van der Waals surface area contributed by atoms with Crippen LogP contribution in [0.1, 0.15) is 36.9 Å². The first kappa shape index (κ1) is 20.4. The van der Waals surface area contributed by atoms with Gasteiger partial charge in [-0.15, -0.1) is 0 Å². The van der Waals surface area contributed by atoms with Crippen LogP contribution in [0.2, 0.25) is 0 Å². The van der Waals surface area contributed by atoms with Crippen molar-refractivity contribution in [1.29, 1.82) is 0 Å². The van der Waals surface area contributed by atoms with E-state index in [2.05, 4.69) is 69.7 Å². The zero-order chi connectivity index (χ0) is 20.9. The van der Waals surface area contributed by atoms with Gasteiger partial charge in [0.05, 0.1) is 12.6 Å². The van der Waals surface area contributed by atoms with E-state index in [4.69, 9.17) is 0 Å². The minimum absolute atomic E-state index is 0.0209. The normalized spacial score (nSPS) is 15.0. The Labute approximate surface area is 179 Å². The van der Waals surface area contributed by atoms with Crippen LogP contribution in [-0.2, 0) is 11.3 Å². The molecule has 3 aromatic carbocycles. The minimum atomic E-state index is -0.0209. The van der Waals surface area contributed by atoms with Crippen LogP contribution in [0.25, 0.3) is 10.8 Å². The van der Waals surface area contributed by atoms with Crippen LogP contribution in [0.15, 0.2) is 66.7 Å². The van der Waals surface area contributed by atoms with Crippen LogP contribution in [0.4, 0.5) is 5.69 Å². The van der Waals surface area contributed by atoms with Gasteiger partial charge in [-0.3, -0.25) is 9.69 Å². The molecule has 1 aliphatic heterocycles. The summed E-state index contributed by atoms with van der Waals surface area (Å²) in [6, 6.07) is 23.3. The maximum Gasteiger partial charge on any atom is 0.234 e. The number of nitrogens with zero attached hydrogens (tertiary/aromatic N) is 2. The van der Waals surface area contributed by atoms with Gasteiger partial charge >= 0.3 is 0 Å². The van der Waals surface area contributed by atoms with E-state index in [0.29, 0.717) is 6.54 Å². The van der Waals surface area contributed by atoms with Gasteiger partial charge in [0.2, 0.25) is 5.91 Å². The number of hydrogen-bond donors (Lipinski definition) is 1. The fraction of sp³-hybridized carbons (Fsp3) is 0.346. The molecular formula is C26H31N3O. The van der Waals surface area contributed by atoms with Crippen molar-refractivity contribution in [3.8, 4) is 0 Å². The number of carbonyl (C=O) groups excluding carboxylic acids is 1. The Morgan fingerprint density at radius 2 is 1.70 bits per heavy atom. The topological polar surface area (TPSA) is 35.6 Å². The lowest BCUT2D eigenvalue weighted by molar-refractivity contribution is -0.122. The van der Waals surface area contributed by atoms with Crippen LogP contribution >= 0.6 is 0 Å². The fourth-order valence-electron chi connectivity index (χ4n) is 4.35. The summed E-state index contributed by atoms with van der Waals surface area (Å²) in [7, 11) is 2.01. The number of likely N-dealkylation sites (N-methyl/N-ethyl adjacent to an activating group) is 1. The molecule has 1 amide bonds. The largest absolute Gasteiger partial charge is 0.371 e. The molecule has 4 rings (SSSR count). The molecule has 1 N–H and O–H groups in total. The van der Waals surface area contributed by atoms with E-state index < -0.39 is 0 Å². The quantitative estimate of drug-likeness (QED) is 0.621. The van der Waals surface area contributed by atoms with Gasteiger partial charge in [0.1, 0.15) is 0 Å². The number of carbonyl (C=O) groups is 1. The van der Waals surface area contributed by atoms with Gasteiger partial charge in [-0.05, 0) is 60.8 Å². The van der Waals surface area contributed by atoms with E-state index in [-0.39, 0.29) is 11.9 Å². The molecule has 1 atom stereocenters. The molecule has 1 heterocycles. The van der Waals surface area contributed by atoms with Crippen molar-refractivity contribution in [2.45, 2.75) is 32.4 Å². The molecule has 1 saturated heterocycles. The average Bonchev–Trinajstić information content (AvgIpc) is 3.28. The number of nitrogens with one attached hydrogen (secondary N) is 1. The first-order valence-corrected chi connectivity index (χ1v) is 10.9. The average molecular weight is 402 g/mol. The highest BCUT2D eigenvalue weighted by Gasteiger charge is 2.17. The Hall–Kier alpha value is -2.85. The number of amides is 1. The summed E-state index contributed by atoms with van der Waals surface area (Å²) in [4.78, 5) is 17.2. The number of hydrogen-bond acceptors (Lipinski definition) is 3. The third-order valence-corrected chi connectivity index (χ3v) is 5.94. The van der Waals surface area contributed by atoms with E-state index in [9.17, 15) is 4.79 Å². The Morgan fingerprint density at radius 3 is 2.50 bits per heavy atom. The number of benzene rings is 3. The lowest BCUT2D eigenvalue weighted by atomic mass is 10.0. The summed E-state index contributed by atoms with van der Waals surface area (Å²) in [5.74, 6) is 0.0526. The zero-order valence-corrected chi connectivity index (χ0v) is 18.0. The van der Waals surface area contributed by atoms with Crippen molar-refractivity contribution in [3.63, 3.8) is 0 Å². The molecule has 1 unspecified atom stereocenters.